The maximum Gasteiger partial charge on any atom is 0.269 e. The molecule has 0 amide bonds. The van der Waals surface area contributed by atoms with Crippen molar-refractivity contribution in [3.05, 3.63) is 51.6 Å². The van der Waals surface area contributed by atoms with Crippen LogP contribution in [-0.2, 0) is 11.2 Å². The van der Waals surface area contributed by atoms with Crippen molar-refractivity contribution in [3.63, 3.8) is 0 Å². The number of allylic oxidation sites excluding steroid dienone is 2. The Hall–Kier alpha value is -1.97. The number of nitro groups is 1. The van der Waals surface area contributed by atoms with Gasteiger partial charge in [-0.15, -0.1) is 0 Å². The van der Waals surface area contributed by atoms with Gasteiger partial charge in [-0.05, 0) is 36.8 Å². The van der Waals surface area contributed by atoms with Gasteiger partial charge in [-0.2, -0.15) is 0 Å². The number of hydrogen-bond acceptors (Lipinski definition) is 3. The molecule has 0 heterocycles. The fourth-order valence-electron chi connectivity index (χ4n) is 2.99. The Morgan fingerprint density at radius 2 is 1.90 bits per heavy atom. The zero-order valence-corrected chi connectivity index (χ0v) is 12.1. The largest absolute Gasteiger partial charge is 0.295 e. The third-order valence-electron chi connectivity index (χ3n) is 4.00. The van der Waals surface area contributed by atoms with Crippen LogP contribution in [0.2, 0.25) is 0 Å². The van der Waals surface area contributed by atoms with Gasteiger partial charge in [-0.3, -0.25) is 14.9 Å². The van der Waals surface area contributed by atoms with E-state index in [0.717, 1.165) is 17.6 Å². The molecule has 4 nitrogen and oxygen atoms in total. The summed E-state index contributed by atoms with van der Waals surface area (Å²) < 4.78 is 0. The number of carbonyl (C=O) groups is 1. The van der Waals surface area contributed by atoms with Crippen molar-refractivity contribution >= 4 is 11.5 Å². The van der Waals surface area contributed by atoms with Crippen LogP contribution < -0.4 is 0 Å². The van der Waals surface area contributed by atoms with Crippen molar-refractivity contribution in [2.75, 3.05) is 0 Å². The van der Waals surface area contributed by atoms with E-state index in [0.29, 0.717) is 6.42 Å². The lowest BCUT2D eigenvalue weighted by Gasteiger charge is -2.36. The molecule has 1 aliphatic carbocycles. The SMILES string of the molecule is CC1=CC(=O)C(Cc2ccc([N+](=O)[O-])cc2)C(C)(C)C1. The molecule has 1 aliphatic rings. The first-order chi connectivity index (χ1) is 9.29. The number of carbonyl (C=O) groups excluding carboxylic acids is 1. The van der Waals surface area contributed by atoms with E-state index in [1.165, 1.54) is 12.1 Å². The number of nitrogens with zero attached hydrogens (tertiary/aromatic N) is 1. The molecule has 4 heteroatoms. The van der Waals surface area contributed by atoms with Crippen molar-refractivity contribution in [1.29, 1.82) is 0 Å². The van der Waals surface area contributed by atoms with E-state index in [2.05, 4.69) is 13.8 Å². The minimum absolute atomic E-state index is 0.0624. The molecule has 0 aromatic heterocycles. The first-order valence-electron chi connectivity index (χ1n) is 6.74. The maximum absolute atomic E-state index is 12.2. The minimum Gasteiger partial charge on any atom is -0.295 e. The zero-order chi connectivity index (χ0) is 14.9. The van der Waals surface area contributed by atoms with Gasteiger partial charge in [-0.25, -0.2) is 0 Å². The summed E-state index contributed by atoms with van der Waals surface area (Å²) in [5.41, 5.74) is 2.10. The number of rotatable bonds is 3. The second-order valence-corrected chi connectivity index (χ2v) is 6.24. The number of ketones is 1. The van der Waals surface area contributed by atoms with Crippen LogP contribution >= 0.6 is 0 Å². The van der Waals surface area contributed by atoms with Crippen LogP contribution in [0.5, 0.6) is 0 Å². The average Bonchev–Trinajstić information content (AvgIpc) is 2.33. The molecule has 106 valence electrons. The van der Waals surface area contributed by atoms with Crippen LogP contribution in [-0.4, -0.2) is 10.7 Å². The molecule has 0 saturated heterocycles. The van der Waals surface area contributed by atoms with E-state index in [4.69, 9.17) is 0 Å². The molecule has 1 aromatic carbocycles. The standard InChI is InChI=1S/C16H19NO3/c1-11-8-15(18)14(16(2,3)10-11)9-12-4-6-13(7-5-12)17(19)20/h4-8,14H,9-10H2,1-3H3. The molecule has 1 aromatic rings. The van der Waals surface area contributed by atoms with Crippen LogP contribution in [0.1, 0.15) is 32.8 Å². The van der Waals surface area contributed by atoms with Gasteiger partial charge in [0.15, 0.2) is 5.78 Å². The first kappa shape index (κ1) is 14.4. The maximum atomic E-state index is 12.2. The lowest BCUT2D eigenvalue weighted by molar-refractivity contribution is -0.384. The predicted molar refractivity (Wildman–Crippen MR) is 77.5 cm³/mol. The molecule has 0 saturated carbocycles. The molecule has 20 heavy (non-hydrogen) atoms. The summed E-state index contributed by atoms with van der Waals surface area (Å²) in [5.74, 6) is 0.102. The topological polar surface area (TPSA) is 60.2 Å². The highest BCUT2D eigenvalue weighted by atomic mass is 16.6. The van der Waals surface area contributed by atoms with E-state index < -0.39 is 4.92 Å². The van der Waals surface area contributed by atoms with Gasteiger partial charge in [0.1, 0.15) is 0 Å². The summed E-state index contributed by atoms with van der Waals surface area (Å²) in [6.45, 7) is 6.21. The summed E-state index contributed by atoms with van der Waals surface area (Å²) in [6.07, 6.45) is 3.28. The molecule has 0 fully saturated rings. The second kappa shape index (κ2) is 5.19. The Labute approximate surface area is 118 Å². The third kappa shape index (κ3) is 2.95. The van der Waals surface area contributed by atoms with Crippen molar-refractivity contribution < 1.29 is 9.72 Å². The Morgan fingerprint density at radius 1 is 1.30 bits per heavy atom. The summed E-state index contributed by atoms with van der Waals surface area (Å²) in [7, 11) is 0. The van der Waals surface area contributed by atoms with Gasteiger partial charge in [-0.1, -0.05) is 31.6 Å². The molecule has 0 radical (unpaired) electrons. The van der Waals surface area contributed by atoms with Gasteiger partial charge in [0.2, 0.25) is 0 Å². The van der Waals surface area contributed by atoms with E-state index >= 15 is 0 Å². The number of non-ortho nitro benzene ring substituents is 1. The van der Waals surface area contributed by atoms with Gasteiger partial charge in [0.05, 0.1) is 4.92 Å². The fraction of sp³-hybridized carbons (Fsp3) is 0.438. The van der Waals surface area contributed by atoms with E-state index in [-0.39, 0.29) is 22.8 Å². The molecule has 0 spiro atoms. The lowest BCUT2D eigenvalue weighted by atomic mass is 9.67. The quantitative estimate of drug-likeness (QED) is 0.623. The lowest BCUT2D eigenvalue weighted by Crippen LogP contribution is -2.35. The number of nitro benzene ring substituents is 1. The van der Waals surface area contributed by atoms with Gasteiger partial charge >= 0.3 is 0 Å². The van der Waals surface area contributed by atoms with Crippen LogP contribution in [0.25, 0.3) is 0 Å². The van der Waals surface area contributed by atoms with E-state index in [9.17, 15) is 14.9 Å². The number of benzene rings is 1. The molecular weight excluding hydrogens is 254 g/mol. The minimum atomic E-state index is -0.411. The molecule has 1 unspecified atom stereocenters. The van der Waals surface area contributed by atoms with Gasteiger partial charge in [0.25, 0.3) is 5.69 Å². The molecule has 0 aliphatic heterocycles. The Bertz CT molecular complexity index is 570. The van der Waals surface area contributed by atoms with Crippen molar-refractivity contribution in [2.24, 2.45) is 11.3 Å². The van der Waals surface area contributed by atoms with Gasteiger partial charge < -0.3 is 0 Å². The Balaban J connectivity index is 2.20. The van der Waals surface area contributed by atoms with Crippen LogP contribution in [0.15, 0.2) is 35.9 Å². The van der Waals surface area contributed by atoms with Crippen LogP contribution in [0.3, 0.4) is 0 Å². The molecule has 2 rings (SSSR count). The summed E-state index contributed by atoms with van der Waals surface area (Å²) in [5, 5.41) is 10.6. The average molecular weight is 273 g/mol. The second-order valence-electron chi connectivity index (χ2n) is 6.24. The van der Waals surface area contributed by atoms with Crippen LogP contribution in [0.4, 0.5) is 5.69 Å². The highest BCUT2D eigenvalue weighted by Gasteiger charge is 2.37. The Kier molecular flexibility index (Phi) is 3.75. The van der Waals surface area contributed by atoms with E-state index in [1.807, 2.05) is 6.92 Å². The fourth-order valence-corrected chi connectivity index (χ4v) is 2.99. The molecule has 0 N–H and O–H groups in total. The van der Waals surface area contributed by atoms with Crippen molar-refractivity contribution in [1.82, 2.24) is 0 Å². The Morgan fingerprint density at radius 3 is 2.40 bits per heavy atom. The third-order valence-corrected chi connectivity index (χ3v) is 4.00. The number of hydrogen-bond donors (Lipinski definition) is 0. The summed E-state index contributed by atoms with van der Waals surface area (Å²) in [6, 6.07) is 6.48. The van der Waals surface area contributed by atoms with Gasteiger partial charge in [0, 0.05) is 18.1 Å². The summed E-state index contributed by atoms with van der Waals surface area (Å²) in [4.78, 5) is 22.4. The molecular formula is C16H19NO3. The zero-order valence-electron chi connectivity index (χ0n) is 12.1. The summed E-state index contributed by atoms with van der Waals surface area (Å²) >= 11 is 0. The van der Waals surface area contributed by atoms with Crippen molar-refractivity contribution in [2.45, 2.75) is 33.6 Å². The van der Waals surface area contributed by atoms with Crippen molar-refractivity contribution in [3.8, 4) is 0 Å². The van der Waals surface area contributed by atoms with Crippen LogP contribution in [0, 0.1) is 21.4 Å². The molecule has 1 atom stereocenters. The van der Waals surface area contributed by atoms with E-state index in [1.54, 1.807) is 18.2 Å². The highest BCUT2D eigenvalue weighted by Crippen LogP contribution is 2.40. The monoisotopic (exact) mass is 273 g/mol. The highest BCUT2D eigenvalue weighted by molar-refractivity contribution is 5.94. The molecule has 0 bridgehead atoms. The first-order valence-corrected chi connectivity index (χ1v) is 6.74. The predicted octanol–water partition coefficient (Wildman–Crippen LogP) is 3.70. The normalized spacial score (nSPS) is 21.4. The smallest absolute Gasteiger partial charge is 0.269 e.